The van der Waals surface area contributed by atoms with E-state index < -0.39 is 0 Å². The fourth-order valence-corrected chi connectivity index (χ4v) is 4.38. The molecule has 1 aliphatic heterocycles. The highest BCUT2D eigenvalue weighted by Crippen LogP contribution is 2.22. The lowest BCUT2D eigenvalue weighted by atomic mass is 10.2. The summed E-state index contributed by atoms with van der Waals surface area (Å²) in [6, 6.07) is 4.02. The summed E-state index contributed by atoms with van der Waals surface area (Å²) in [5, 5.41) is 13.2. The number of aromatic nitrogens is 3. The van der Waals surface area contributed by atoms with Gasteiger partial charge in [-0.05, 0) is 25.0 Å². The van der Waals surface area contributed by atoms with Crippen LogP contribution in [0.4, 0.5) is 0 Å². The molecule has 2 aromatic heterocycles. The summed E-state index contributed by atoms with van der Waals surface area (Å²) in [4.78, 5) is 1.28. The SMILES string of the molecule is Clc1ccc(CNCCSc2nnc3n2CCCCC3)s1. The van der Waals surface area contributed by atoms with Crippen molar-refractivity contribution in [1.82, 2.24) is 20.1 Å². The van der Waals surface area contributed by atoms with Gasteiger partial charge in [0.1, 0.15) is 5.82 Å². The molecule has 3 rings (SSSR count). The molecule has 2 aromatic rings. The predicted molar refractivity (Wildman–Crippen MR) is 89.3 cm³/mol. The Kier molecular flexibility index (Phi) is 5.57. The van der Waals surface area contributed by atoms with Gasteiger partial charge in [0.2, 0.25) is 0 Å². The molecule has 7 heteroatoms. The zero-order valence-electron chi connectivity index (χ0n) is 11.8. The Hall–Kier alpha value is -0.560. The van der Waals surface area contributed by atoms with E-state index in [1.165, 1.54) is 24.1 Å². The molecule has 0 amide bonds. The molecule has 0 saturated carbocycles. The molecule has 0 bridgehead atoms. The van der Waals surface area contributed by atoms with Crippen molar-refractivity contribution in [3.8, 4) is 0 Å². The van der Waals surface area contributed by atoms with Crippen LogP contribution in [0.2, 0.25) is 4.34 Å². The molecule has 4 nitrogen and oxygen atoms in total. The highest BCUT2D eigenvalue weighted by Gasteiger charge is 2.14. The van der Waals surface area contributed by atoms with Gasteiger partial charge in [-0.15, -0.1) is 21.5 Å². The molecule has 1 aliphatic rings. The number of hydrogen-bond acceptors (Lipinski definition) is 5. The normalized spacial score (nSPS) is 14.9. The maximum absolute atomic E-state index is 5.92. The Labute approximate surface area is 138 Å². The van der Waals surface area contributed by atoms with Crippen molar-refractivity contribution in [2.24, 2.45) is 0 Å². The van der Waals surface area contributed by atoms with E-state index in [0.29, 0.717) is 0 Å². The molecule has 0 fully saturated rings. The molecular formula is C14H19ClN4S2. The second-order valence-corrected chi connectivity index (χ2v) is 7.95. The number of aryl methyl sites for hydroxylation is 1. The third kappa shape index (κ3) is 4.22. The van der Waals surface area contributed by atoms with Gasteiger partial charge in [-0.1, -0.05) is 29.8 Å². The molecular weight excluding hydrogens is 324 g/mol. The first kappa shape index (κ1) is 15.3. The zero-order valence-corrected chi connectivity index (χ0v) is 14.2. The number of nitrogens with one attached hydrogen (secondary N) is 1. The molecule has 0 atom stereocenters. The van der Waals surface area contributed by atoms with Crippen LogP contribution in [-0.4, -0.2) is 27.1 Å². The van der Waals surface area contributed by atoms with E-state index in [9.17, 15) is 0 Å². The minimum atomic E-state index is 0.854. The maximum Gasteiger partial charge on any atom is 0.191 e. The monoisotopic (exact) mass is 342 g/mol. The highest BCUT2D eigenvalue weighted by atomic mass is 35.5. The minimum Gasteiger partial charge on any atom is -0.311 e. The predicted octanol–water partition coefficient (Wildman–Crippen LogP) is 3.60. The molecule has 21 heavy (non-hydrogen) atoms. The van der Waals surface area contributed by atoms with Gasteiger partial charge >= 0.3 is 0 Å². The highest BCUT2D eigenvalue weighted by molar-refractivity contribution is 7.99. The Morgan fingerprint density at radius 2 is 2.24 bits per heavy atom. The molecule has 0 unspecified atom stereocenters. The van der Waals surface area contributed by atoms with Gasteiger partial charge in [-0.3, -0.25) is 0 Å². The number of nitrogens with zero attached hydrogens (tertiary/aromatic N) is 3. The molecule has 0 aromatic carbocycles. The van der Waals surface area contributed by atoms with E-state index in [4.69, 9.17) is 11.6 Å². The van der Waals surface area contributed by atoms with Gasteiger partial charge < -0.3 is 9.88 Å². The molecule has 0 saturated heterocycles. The van der Waals surface area contributed by atoms with E-state index >= 15 is 0 Å². The minimum absolute atomic E-state index is 0.854. The summed E-state index contributed by atoms with van der Waals surface area (Å²) in [6.45, 7) is 2.92. The molecule has 0 aliphatic carbocycles. The Bertz CT molecular complexity index is 581. The number of hydrogen-bond donors (Lipinski definition) is 1. The number of thiophene rings is 1. The van der Waals surface area contributed by atoms with Crippen molar-refractivity contribution in [1.29, 1.82) is 0 Å². The van der Waals surface area contributed by atoms with Crippen LogP contribution in [0.3, 0.4) is 0 Å². The van der Waals surface area contributed by atoms with Crippen LogP contribution < -0.4 is 5.32 Å². The summed E-state index contributed by atoms with van der Waals surface area (Å²) in [6.07, 6.45) is 4.87. The van der Waals surface area contributed by atoms with Crippen LogP contribution in [0.15, 0.2) is 17.3 Å². The second-order valence-electron chi connectivity index (χ2n) is 5.09. The lowest BCUT2D eigenvalue weighted by Crippen LogP contribution is -2.16. The van der Waals surface area contributed by atoms with Gasteiger partial charge in [0.05, 0.1) is 4.34 Å². The number of rotatable bonds is 6. The van der Waals surface area contributed by atoms with Crippen molar-refractivity contribution in [3.63, 3.8) is 0 Å². The van der Waals surface area contributed by atoms with Gasteiger partial charge in [0.15, 0.2) is 5.16 Å². The zero-order chi connectivity index (χ0) is 14.5. The first-order valence-corrected chi connectivity index (χ1v) is 9.51. The van der Waals surface area contributed by atoms with Crippen LogP contribution in [0, 0.1) is 0 Å². The average Bonchev–Trinajstić information content (AvgIpc) is 2.98. The smallest absolute Gasteiger partial charge is 0.191 e. The molecule has 0 radical (unpaired) electrons. The van der Waals surface area contributed by atoms with E-state index in [2.05, 4.69) is 26.1 Å². The molecule has 3 heterocycles. The first-order chi connectivity index (χ1) is 10.3. The second kappa shape index (κ2) is 7.63. The van der Waals surface area contributed by atoms with Crippen molar-refractivity contribution < 1.29 is 0 Å². The van der Waals surface area contributed by atoms with E-state index in [1.807, 2.05) is 6.07 Å². The van der Waals surface area contributed by atoms with Crippen LogP contribution >= 0.6 is 34.7 Å². The number of fused-ring (bicyclic) bond motifs is 1. The fraction of sp³-hybridized carbons (Fsp3) is 0.571. The van der Waals surface area contributed by atoms with Gasteiger partial charge in [0, 0.05) is 36.7 Å². The van der Waals surface area contributed by atoms with Crippen molar-refractivity contribution >= 4 is 34.7 Å². The summed E-state index contributed by atoms with van der Waals surface area (Å²) in [7, 11) is 0. The Balaban J connectivity index is 1.42. The third-order valence-corrected chi connectivity index (χ3v) is 5.71. The topological polar surface area (TPSA) is 42.7 Å². The fourth-order valence-electron chi connectivity index (χ4n) is 2.44. The quantitative estimate of drug-likeness (QED) is 0.643. The molecule has 1 N–H and O–H groups in total. The van der Waals surface area contributed by atoms with E-state index in [-0.39, 0.29) is 0 Å². The van der Waals surface area contributed by atoms with Crippen molar-refractivity contribution in [2.45, 2.75) is 43.9 Å². The van der Waals surface area contributed by atoms with Crippen molar-refractivity contribution in [3.05, 3.63) is 27.2 Å². The molecule has 0 spiro atoms. The first-order valence-electron chi connectivity index (χ1n) is 7.33. The summed E-state index contributed by atoms with van der Waals surface area (Å²) < 4.78 is 3.16. The number of thioether (sulfide) groups is 1. The largest absolute Gasteiger partial charge is 0.311 e. The average molecular weight is 343 g/mol. The van der Waals surface area contributed by atoms with Crippen LogP contribution in [0.25, 0.3) is 0 Å². The summed E-state index contributed by atoms with van der Waals surface area (Å²) >= 11 is 9.35. The van der Waals surface area contributed by atoms with Crippen LogP contribution in [0.5, 0.6) is 0 Å². The summed E-state index contributed by atoms with van der Waals surface area (Å²) in [5.74, 6) is 2.17. The lowest BCUT2D eigenvalue weighted by Gasteiger charge is -2.06. The van der Waals surface area contributed by atoms with Gasteiger partial charge in [-0.2, -0.15) is 0 Å². The maximum atomic E-state index is 5.92. The van der Waals surface area contributed by atoms with Crippen LogP contribution in [0.1, 0.15) is 30.0 Å². The van der Waals surface area contributed by atoms with E-state index in [0.717, 1.165) is 47.1 Å². The van der Waals surface area contributed by atoms with Crippen LogP contribution in [-0.2, 0) is 19.5 Å². The number of halogens is 1. The van der Waals surface area contributed by atoms with Gasteiger partial charge in [0.25, 0.3) is 0 Å². The summed E-state index contributed by atoms with van der Waals surface area (Å²) in [5.41, 5.74) is 0. The third-order valence-electron chi connectivity index (χ3n) is 3.51. The van der Waals surface area contributed by atoms with Crippen molar-refractivity contribution in [2.75, 3.05) is 12.3 Å². The lowest BCUT2D eigenvalue weighted by molar-refractivity contribution is 0.590. The molecule has 114 valence electrons. The Morgan fingerprint density at radius 3 is 3.10 bits per heavy atom. The van der Waals surface area contributed by atoms with Gasteiger partial charge in [-0.25, -0.2) is 0 Å². The standard InChI is InChI=1S/C14H19ClN4S2/c15-12-6-5-11(21-12)10-16-7-9-20-14-18-17-13-4-2-1-3-8-19(13)14/h5-6,16H,1-4,7-10H2. The Morgan fingerprint density at radius 1 is 1.29 bits per heavy atom. The van der Waals surface area contributed by atoms with E-state index in [1.54, 1.807) is 23.1 Å².